The van der Waals surface area contributed by atoms with Crippen molar-refractivity contribution in [3.63, 3.8) is 0 Å². The Kier molecular flexibility index (Phi) is 4.11. The fourth-order valence-corrected chi connectivity index (χ4v) is 2.55. The largest absolute Gasteiger partial charge is 0.383 e. The molecule has 3 rings (SSSR count). The van der Waals surface area contributed by atoms with Crippen molar-refractivity contribution in [2.45, 2.75) is 19.9 Å². The van der Waals surface area contributed by atoms with Gasteiger partial charge < -0.3 is 5.73 Å². The molecule has 0 saturated heterocycles. The minimum absolute atomic E-state index is 0.430. The number of nitrogen functional groups attached to an aromatic ring is 1. The molecule has 0 aliphatic rings. The van der Waals surface area contributed by atoms with Gasteiger partial charge in [0.05, 0.1) is 12.2 Å². The first kappa shape index (κ1) is 14.9. The van der Waals surface area contributed by atoms with Gasteiger partial charge in [0.25, 0.3) is 0 Å². The lowest BCUT2D eigenvalue weighted by atomic mass is 10.1. The highest BCUT2D eigenvalue weighted by Gasteiger charge is 2.15. The second-order valence-corrected chi connectivity index (χ2v) is 5.62. The number of anilines is 1. The second-order valence-electron chi connectivity index (χ2n) is 5.62. The zero-order chi connectivity index (χ0) is 16.2. The Bertz CT molecular complexity index is 840. The van der Waals surface area contributed by atoms with E-state index in [2.05, 4.69) is 42.4 Å². The van der Waals surface area contributed by atoms with Crippen LogP contribution in [-0.2, 0) is 13.0 Å². The highest BCUT2D eigenvalue weighted by molar-refractivity contribution is 5.53. The van der Waals surface area contributed by atoms with Crippen molar-refractivity contribution >= 4 is 5.82 Å². The van der Waals surface area contributed by atoms with E-state index in [1.807, 2.05) is 30.3 Å². The molecular formula is C19H18N4. The average Bonchev–Trinajstić information content (AvgIpc) is 2.85. The third-order valence-electron chi connectivity index (χ3n) is 3.84. The summed E-state index contributed by atoms with van der Waals surface area (Å²) in [5.41, 5.74) is 10.8. The predicted octanol–water partition coefficient (Wildman–Crippen LogP) is 3.28. The zero-order valence-electron chi connectivity index (χ0n) is 13.0. The molecule has 1 heterocycles. The average molecular weight is 302 g/mol. The molecule has 3 aromatic rings. The molecule has 2 aromatic carbocycles. The molecule has 0 aliphatic heterocycles. The van der Waals surface area contributed by atoms with Crippen LogP contribution in [0.15, 0.2) is 54.6 Å². The molecule has 0 aliphatic carbocycles. The Morgan fingerprint density at radius 2 is 1.74 bits per heavy atom. The van der Waals surface area contributed by atoms with E-state index in [0.717, 1.165) is 16.8 Å². The summed E-state index contributed by atoms with van der Waals surface area (Å²) in [6, 6.07) is 20.4. The van der Waals surface area contributed by atoms with Crippen molar-refractivity contribution < 1.29 is 0 Å². The van der Waals surface area contributed by atoms with E-state index >= 15 is 0 Å². The third kappa shape index (κ3) is 3.24. The predicted molar refractivity (Wildman–Crippen MR) is 90.9 cm³/mol. The molecule has 0 amide bonds. The summed E-state index contributed by atoms with van der Waals surface area (Å²) in [7, 11) is 0. The topological polar surface area (TPSA) is 67.6 Å². The maximum atomic E-state index is 9.41. The van der Waals surface area contributed by atoms with Crippen LogP contribution in [0, 0.1) is 18.3 Å². The van der Waals surface area contributed by atoms with Gasteiger partial charge in [0.1, 0.15) is 17.5 Å². The van der Waals surface area contributed by atoms with E-state index in [1.165, 1.54) is 5.56 Å². The monoisotopic (exact) mass is 302 g/mol. The highest BCUT2D eigenvalue weighted by Crippen LogP contribution is 2.20. The molecule has 0 radical (unpaired) electrons. The van der Waals surface area contributed by atoms with Crippen LogP contribution in [0.25, 0.3) is 0 Å². The summed E-state index contributed by atoms with van der Waals surface area (Å²) < 4.78 is 1.71. The molecule has 2 N–H and O–H groups in total. The maximum Gasteiger partial charge on any atom is 0.140 e. The fourth-order valence-electron chi connectivity index (χ4n) is 2.55. The van der Waals surface area contributed by atoms with Gasteiger partial charge in [-0.2, -0.15) is 10.4 Å². The van der Waals surface area contributed by atoms with Gasteiger partial charge in [-0.05, 0) is 18.1 Å². The lowest BCUT2D eigenvalue weighted by Crippen LogP contribution is -2.06. The van der Waals surface area contributed by atoms with Crippen LogP contribution in [0.3, 0.4) is 0 Å². The first-order valence-electron chi connectivity index (χ1n) is 7.52. The van der Waals surface area contributed by atoms with Crippen LogP contribution in [0.1, 0.15) is 27.9 Å². The molecule has 0 atom stereocenters. The first-order chi connectivity index (χ1) is 11.2. The van der Waals surface area contributed by atoms with E-state index < -0.39 is 0 Å². The minimum Gasteiger partial charge on any atom is -0.383 e. The van der Waals surface area contributed by atoms with Gasteiger partial charge in [0, 0.05) is 6.42 Å². The van der Waals surface area contributed by atoms with Gasteiger partial charge in [-0.15, -0.1) is 0 Å². The van der Waals surface area contributed by atoms with Crippen LogP contribution < -0.4 is 5.73 Å². The smallest absolute Gasteiger partial charge is 0.140 e. The molecule has 23 heavy (non-hydrogen) atoms. The minimum atomic E-state index is 0.430. The van der Waals surface area contributed by atoms with Crippen molar-refractivity contribution in [3.05, 3.63) is 82.5 Å². The summed E-state index contributed by atoms with van der Waals surface area (Å²) in [5.74, 6) is 0.430. The summed E-state index contributed by atoms with van der Waals surface area (Å²) in [6.45, 7) is 2.62. The lowest BCUT2D eigenvalue weighted by Gasteiger charge is -2.04. The number of nitriles is 1. The Hall–Kier alpha value is -3.06. The van der Waals surface area contributed by atoms with Crippen molar-refractivity contribution in [3.8, 4) is 6.07 Å². The Morgan fingerprint density at radius 1 is 1.04 bits per heavy atom. The summed E-state index contributed by atoms with van der Waals surface area (Å²) in [4.78, 5) is 0. The Morgan fingerprint density at radius 3 is 2.39 bits per heavy atom. The number of hydrogen-bond acceptors (Lipinski definition) is 3. The van der Waals surface area contributed by atoms with E-state index in [4.69, 9.17) is 5.73 Å². The van der Waals surface area contributed by atoms with Crippen molar-refractivity contribution in [2.75, 3.05) is 5.73 Å². The van der Waals surface area contributed by atoms with Gasteiger partial charge in [-0.25, -0.2) is 4.68 Å². The number of rotatable bonds is 4. The van der Waals surface area contributed by atoms with Crippen LogP contribution in [-0.4, -0.2) is 9.78 Å². The number of nitrogens with zero attached hydrogens (tertiary/aromatic N) is 3. The maximum absolute atomic E-state index is 9.41. The molecule has 0 spiro atoms. The first-order valence-corrected chi connectivity index (χ1v) is 7.52. The van der Waals surface area contributed by atoms with Gasteiger partial charge in [-0.3, -0.25) is 0 Å². The molecule has 4 heteroatoms. The Balaban J connectivity index is 1.90. The molecule has 4 nitrogen and oxygen atoms in total. The molecule has 0 unspecified atom stereocenters. The lowest BCUT2D eigenvalue weighted by molar-refractivity contribution is 0.684. The standard InChI is InChI=1S/C19H18N4/c1-14-7-9-16(10-8-14)13-23-19(21)17(12-20)18(22-23)11-15-5-3-2-4-6-15/h2-10H,11,13,21H2,1H3. The summed E-state index contributed by atoms with van der Waals surface area (Å²) in [5, 5.41) is 14.0. The van der Waals surface area contributed by atoms with E-state index in [-0.39, 0.29) is 0 Å². The zero-order valence-corrected chi connectivity index (χ0v) is 13.0. The van der Waals surface area contributed by atoms with Gasteiger partial charge in [-0.1, -0.05) is 60.2 Å². The van der Waals surface area contributed by atoms with Crippen molar-refractivity contribution in [2.24, 2.45) is 0 Å². The molecule has 1 aromatic heterocycles. The van der Waals surface area contributed by atoms with Gasteiger partial charge in [0.15, 0.2) is 0 Å². The van der Waals surface area contributed by atoms with E-state index in [1.54, 1.807) is 4.68 Å². The fraction of sp³-hybridized carbons (Fsp3) is 0.158. The van der Waals surface area contributed by atoms with Gasteiger partial charge >= 0.3 is 0 Å². The SMILES string of the molecule is Cc1ccc(Cn2nc(Cc3ccccc3)c(C#N)c2N)cc1. The second kappa shape index (κ2) is 6.37. The molecule has 0 fully saturated rings. The van der Waals surface area contributed by atoms with Crippen molar-refractivity contribution in [1.29, 1.82) is 5.26 Å². The van der Waals surface area contributed by atoms with Gasteiger partial charge in [0.2, 0.25) is 0 Å². The highest BCUT2D eigenvalue weighted by atomic mass is 15.3. The van der Waals surface area contributed by atoms with Crippen LogP contribution in [0.5, 0.6) is 0 Å². The quantitative estimate of drug-likeness (QED) is 0.804. The molecule has 114 valence electrons. The normalized spacial score (nSPS) is 10.4. The van der Waals surface area contributed by atoms with E-state index in [0.29, 0.717) is 24.3 Å². The summed E-state index contributed by atoms with van der Waals surface area (Å²) >= 11 is 0. The number of hydrogen-bond donors (Lipinski definition) is 1. The molecule has 0 bridgehead atoms. The number of benzene rings is 2. The van der Waals surface area contributed by atoms with Crippen LogP contribution in [0.4, 0.5) is 5.82 Å². The van der Waals surface area contributed by atoms with E-state index in [9.17, 15) is 5.26 Å². The number of nitrogens with two attached hydrogens (primary N) is 1. The number of aryl methyl sites for hydroxylation is 1. The third-order valence-corrected chi connectivity index (χ3v) is 3.84. The summed E-state index contributed by atoms with van der Waals surface area (Å²) in [6.07, 6.45) is 0.606. The van der Waals surface area contributed by atoms with Crippen LogP contribution >= 0.6 is 0 Å². The molecule has 0 saturated carbocycles. The number of aromatic nitrogens is 2. The van der Waals surface area contributed by atoms with Crippen LogP contribution in [0.2, 0.25) is 0 Å². The molecular weight excluding hydrogens is 284 g/mol. The Labute approximate surface area is 135 Å². The van der Waals surface area contributed by atoms with Crippen molar-refractivity contribution in [1.82, 2.24) is 9.78 Å².